The van der Waals surface area contributed by atoms with Crippen molar-refractivity contribution in [1.82, 2.24) is 10.2 Å². The van der Waals surface area contributed by atoms with Crippen LogP contribution in [0.15, 0.2) is 0 Å². The SMILES string of the molecule is CN(CC1(O)CCCCCC1)C(=O)N[C@@H]1CC[S@](=O)C1. The molecule has 0 aromatic carbocycles. The monoisotopic (exact) mass is 302 g/mol. The van der Waals surface area contributed by atoms with Crippen LogP contribution < -0.4 is 5.32 Å². The number of nitrogens with one attached hydrogen (secondary N) is 1. The van der Waals surface area contributed by atoms with Crippen LogP contribution in [0.4, 0.5) is 4.79 Å². The lowest BCUT2D eigenvalue weighted by Gasteiger charge is -2.32. The van der Waals surface area contributed by atoms with Crippen molar-refractivity contribution in [3.8, 4) is 0 Å². The van der Waals surface area contributed by atoms with Gasteiger partial charge in [0.15, 0.2) is 0 Å². The van der Waals surface area contributed by atoms with E-state index in [2.05, 4.69) is 5.32 Å². The predicted octanol–water partition coefficient (Wildman–Crippen LogP) is 1.23. The van der Waals surface area contributed by atoms with Crippen molar-refractivity contribution in [2.24, 2.45) is 0 Å². The van der Waals surface area contributed by atoms with Crippen LogP contribution in [0.2, 0.25) is 0 Å². The molecule has 0 bridgehead atoms. The third kappa shape index (κ3) is 4.45. The quantitative estimate of drug-likeness (QED) is 0.771. The second-order valence-electron chi connectivity index (χ2n) is 6.24. The summed E-state index contributed by atoms with van der Waals surface area (Å²) in [5.41, 5.74) is -0.735. The number of amides is 2. The van der Waals surface area contributed by atoms with Crippen LogP contribution in [-0.4, -0.2) is 57.0 Å². The average molecular weight is 302 g/mol. The van der Waals surface area contributed by atoms with Crippen LogP contribution in [0.1, 0.15) is 44.9 Å². The molecule has 1 heterocycles. The number of carbonyl (C=O) groups excluding carboxylic acids is 1. The van der Waals surface area contributed by atoms with Crippen molar-refractivity contribution in [1.29, 1.82) is 0 Å². The first-order valence-electron chi connectivity index (χ1n) is 7.57. The summed E-state index contributed by atoms with van der Waals surface area (Å²) in [7, 11) is 0.944. The van der Waals surface area contributed by atoms with Crippen molar-refractivity contribution in [3.05, 3.63) is 0 Å². The molecule has 2 aliphatic rings. The molecule has 0 aromatic rings. The second-order valence-corrected chi connectivity index (χ2v) is 7.86. The minimum atomic E-state index is -0.782. The van der Waals surface area contributed by atoms with Gasteiger partial charge in [-0.3, -0.25) is 4.21 Å². The highest BCUT2D eigenvalue weighted by molar-refractivity contribution is 7.85. The Morgan fingerprint density at radius 2 is 2.00 bits per heavy atom. The number of carbonyl (C=O) groups is 1. The van der Waals surface area contributed by atoms with Crippen LogP contribution in [0.25, 0.3) is 0 Å². The molecule has 2 fully saturated rings. The third-order valence-electron chi connectivity index (χ3n) is 4.32. The summed E-state index contributed by atoms with van der Waals surface area (Å²) in [5, 5.41) is 13.5. The van der Waals surface area contributed by atoms with Crippen LogP contribution >= 0.6 is 0 Å². The molecule has 0 aromatic heterocycles. The fourth-order valence-corrected chi connectivity index (χ4v) is 4.53. The molecule has 2 amide bonds. The van der Waals surface area contributed by atoms with Crippen molar-refractivity contribution < 1.29 is 14.1 Å². The summed E-state index contributed by atoms with van der Waals surface area (Å²) < 4.78 is 11.3. The van der Waals surface area contributed by atoms with Gasteiger partial charge in [0.25, 0.3) is 0 Å². The zero-order chi connectivity index (χ0) is 14.6. The lowest BCUT2D eigenvalue weighted by Crippen LogP contribution is -2.49. The number of aliphatic hydroxyl groups is 1. The first kappa shape index (κ1) is 15.8. The van der Waals surface area contributed by atoms with E-state index >= 15 is 0 Å². The summed E-state index contributed by atoms with van der Waals surface area (Å²) in [5.74, 6) is 1.24. The maximum Gasteiger partial charge on any atom is 0.317 e. The van der Waals surface area contributed by atoms with E-state index in [0.29, 0.717) is 18.1 Å². The lowest BCUT2D eigenvalue weighted by molar-refractivity contribution is 0.00446. The number of hydrogen-bond acceptors (Lipinski definition) is 3. The highest BCUT2D eigenvalue weighted by atomic mass is 32.2. The van der Waals surface area contributed by atoms with Gasteiger partial charge in [-0.1, -0.05) is 25.7 Å². The van der Waals surface area contributed by atoms with Crippen LogP contribution in [0.3, 0.4) is 0 Å². The standard InChI is InChI=1S/C14H26N2O3S/c1-16(11-14(18)7-4-2-3-5-8-14)13(17)15-12-6-9-20(19)10-12/h12,18H,2-11H2,1H3,(H,15,17)/t12-,20+/m1/s1. The Balaban J connectivity index is 1.82. The Kier molecular flexibility index (Phi) is 5.43. The minimum absolute atomic E-state index is 0.0227. The van der Waals surface area contributed by atoms with E-state index in [1.54, 1.807) is 11.9 Å². The summed E-state index contributed by atoms with van der Waals surface area (Å²) in [6.45, 7) is 0.384. The smallest absolute Gasteiger partial charge is 0.317 e. The largest absolute Gasteiger partial charge is 0.388 e. The van der Waals surface area contributed by atoms with E-state index in [0.717, 1.165) is 32.1 Å². The number of likely N-dealkylation sites (N-methyl/N-ethyl adjacent to an activating group) is 1. The number of rotatable bonds is 3. The highest BCUT2D eigenvalue weighted by Crippen LogP contribution is 2.27. The molecule has 1 aliphatic heterocycles. The molecule has 116 valence electrons. The van der Waals surface area contributed by atoms with Crippen molar-refractivity contribution in [2.75, 3.05) is 25.1 Å². The summed E-state index contributed by atoms with van der Waals surface area (Å²) in [6.07, 6.45) is 6.76. The van der Waals surface area contributed by atoms with Crippen LogP contribution in [0.5, 0.6) is 0 Å². The molecule has 1 aliphatic carbocycles. The van der Waals surface area contributed by atoms with Gasteiger partial charge in [-0.15, -0.1) is 0 Å². The Morgan fingerprint density at radius 3 is 2.55 bits per heavy atom. The van der Waals surface area contributed by atoms with Gasteiger partial charge in [0, 0.05) is 35.4 Å². The van der Waals surface area contributed by atoms with E-state index in [1.165, 1.54) is 12.8 Å². The molecule has 5 nitrogen and oxygen atoms in total. The topological polar surface area (TPSA) is 69.6 Å². The summed E-state index contributed by atoms with van der Waals surface area (Å²) in [6, 6.07) is -0.138. The minimum Gasteiger partial charge on any atom is -0.388 e. The molecular weight excluding hydrogens is 276 g/mol. The molecule has 0 unspecified atom stereocenters. The van der Waals surface area contributed by atoms with Crippen LogP contribution in [-0.2, 0) is 10.8 Å². The van der Waals surface area contributed by atoms with E-state index in [-0.39, 0.29) is 12.1 Å². The van der Waals surface area contributed by atoms with E-state index < -0.39 is 16.4 Å². The van der Waals surface area contributed by atoms with Gasteiger partial charge in [0.05, 0.1) is 12.1 Å². The Labute approximate surface area is 123 Å². The normalized spacial score (nSPS) is 29.7. The number of hydrogen-bond donors (Lipinski definition) is 2. The molecule has 0 radical (unpaired) electrons. The maximum absolute atomic E-state index is 12.1. The fraction of sp³-hybridized carbons (Fsp3) is 0.929. The van der Waals surface area contributed by atoms with Gasteiger partial charge in [-0.2, -0.15) is 0 Å². The van der Waals surface area contributed by atoms with Crippen molar-refractivity contribution in [2.45, 2.75) is 56.6 Å². The van der Waals surface area contributed by atoms with E-state index in [9.17, 15) is 14.1 Å². The molecule has 20 heavy (non-hydrogen) atoms. The Morgan fingerprint density at radius 1 is 1.35 bits per heavy atom. The third-order valence-corrected chi connectivity index (χ3v) is 5.79. The molecule has 1 saturated heterocycles. The fourth-order valence-electron chi connectivity index (χ4n) is 3.12. The zero-order valence-corrected chi connectivity index (χ0v) is 13.1. The first-order valence-corrected chi connectivity index (χ1v) is 9.06. The molecule has 1 saturated carbocycles. The molecule has 2 atom stereocenters. The molecule has 6 heteroatoms. The highest BCUT2D eigenvalue weighted by Gasteiger charge is 2.31. The van der Waals surface area contributed by atoms with Gasteiger partial charge in [-0.25, -0.2) is 4.79 Å². The Hall–Kier alpha value is -0.620. The van der Waals surface area contributed by atoms with Crippen molar-refractivity contribution in [3.63, 3.8) is 0 Å². The lowest BCUT2D eigenvalue weighted by atomic mass is 9.94. The number of nitrogens with zero attached hydrogens (tertiary/aromatic N) is 1. The van der Waals surface area contributed by atoms with Crippen molar-refractivity contribution >= 4 is 16.8 Å². The predicted molar refractivity (Wildman–Crippen MR) is 80.1 cm³/mol. The number of urea groups is 1. The van der Waals surface area contributed by atoms with E-state index in [4.69, 9.17) is 0 Å². The molecule has 2 rings (SSSR count). The second kappa shape index (κ2) is 6.89. The maximum atomic E-state index is 12.1. The van der Waals surface area contributed by atoms with Gasteiger partial charge in [-0.05, 0) is 19.3 Å². The van der Waals surface area contributed by atoms with Gasteiger partial charge >= 0.3 is 6.03 Å². The first-order chi connectivity index (χ1) is 9.48. The van der Waals surface area contributed by atoms with Gasteiger partial charge in [0.2, 0.25) is 0 Å². The van der Waals surface area contributed by atoms with Gasteiger partial charge < -0.3 is 15.3 Å². The molecule has 0 spiro atoms. The molecular formula is C14H26N2O3S. The summed E-state index contributed by atoms with van der Waals surface area (Å²) in [4.78, 5) is 13.7. The van der Waals surface area contributed by atoms with Crippen LogP contribution in [0, 0.1) is 0 Å². The van der Waals surface area contributed by atoms with E-state index in [1.807, 2.05) is 0 Å². The molecule has 2 N–H and O–H groups in total. The average Bonchev–Trinajstić information content (AvgIpc) is 2.67. The summed E-state index contributed by atoms with van der Waals surface area (Å²) >= 11 is 0. The Bertz CT molecular complexity index is 367. The van der Waals surface area contributed by atoms with Gasteiger partial charge in [0.1, 0.15) is 0 Å². The zero-order valence-electron chi connectivity index (χ0n) is 12.3.